The van der Waals surface area contributed by atoms with Crippen molar-refractivity contribution in [3.63, 3.8) is 0 Å². The van der Waals surface area contributed by atoms with Gasteiger partial charge in [-0.15, -0.1) is 0 Å². The van der Waals surface area contributed by atoms with Gasteiger partial charge in [0.15, 0.2) is 12.4 Å². The Hall–Kier alpha value is -4.07. The molecule has 0 radical (unpaired) electrons. The van der Waals surface area contributed by atoms with E-state index in [9.17, 15) is 14.4 Å². The molecule has 8 nitrogen and oxygen atoms in total. The van der Waals surface area contributed by atoms with Crippen LogP contribution in [0.15, 0.2) is 40.8 Å². The lowest BCUT2D eigenvalue weighted by molar-refractivity contribution is -0.119. The number of carbonyl (C=O) groups is 3. The second-order valence-corrected chi connectivity index (χ2v) is 7.45. The first-order valence-corrected chi connectivity index (χ1v) is 9.96. The standard InChI is InChI=1S/C24H22N2O6/c1-12-22(14(3)27)13(2)25-23(12)24(29)31-11-21(28)26-17-10-19-16(9-20(17)30-4)15-7-5-6-8-18(15)32-19/h5-10,25H,11H2,1-4H3,(H,26,28). The first-order valence-electron chi connectivity index (χ1n) is 9.96. The number of aromatic nitrogens is 1. The molecule has 32 heavy (non-hydrogen) atoms. The van der Waals surface area contributed by atoms with Gasteiger partial charge in [-0.3, -0.25) is 9.59 Å². The number of aryl methyl sites for hydroxylation is 1. The van der Waals surface area contributed by atoms with Crippen molar-refractivity contribution in [3.05, 3.63) is 58.9 Å². The second-order valence-electron chi connectivity index (χ2n) is 7.45. The predicted molar refractivity (Wildman–Crippen MR) is 119 cm³/mol. The number of para-hydroxylation sites is 1. The van der Waals surface area contributed by atoms with E-state index in [0.717, 1.165) is 16.4 Å². The maximum Gasteiger partial charge on any atom is 0.355 e. The van der Waals surface area contributed by atoms with Crippen molar-refractivity contribution in [1.82, 2.24) is 4.98 Å². The topological polar surface area (TPSA) is 111 Å². The number of Topliss-reactive ketones (excluding diaryl/α,β-unsaturated/α-hetero) is 1. The Labute approximate surface area is 183 Å². The van der Waals surface area contributed by atoms with Crippen molar-refractivity contribution in [1.29, 1.82) is 0 Å². The number of hydrogen-bond donors (Lipinski definition) is 2. The van der Waals surface area contributed by atoms with Gasteiger partial charge in [0.25, 0.3) is 5.91 Å². The molecule has 0 spiro atoms. The third-order valence-corrected chi connectivity index (χ3v) is 5.30. The number of rotatable bonds is 6. The second kappa shape index (κ2) is 8.22. The van der Waals surface area contributed by atoms with Gasteiger partial charge in [0.2, 0.25) is 0 Å². The summed E-state index contributed by atoms with van der Waals surface area (Å²) < 4.78 is 16.4. The minimum Gasteiger partial charge on any atom is -0.495 e. The van der Waals surface area contributed by atoms with Crippen LogP contribution in [0.1, 0.15) is 39.0 Å². The van der Waals surface area contributed by atoms with Gasteiger partial charge < -0.3 is 24.2 Å². The molecule has 1 amide bonds. The summed E-state index contributed by atoms with van der Waals surface area (Å²) in [6, 6.07) is 11.1. The van der Waals surface area contributed by atoms with Gasteiger partial charge in [0, 0.05) is 28.1 Å². The zero-order valence-electron chi connectivity index (χ0n) is 18.1. The molecule has 0 unspecified atom stereocenters. The number of carbonyl (C=O) groups excluding carboxylic acids is 3. The lowest BCUT2D eigenvalue weighted by Crippen LogP contribution is -2.21. The monoisotopic (exact) mass is 434 g/mol. The first-order chi connectivity index (χ1) is 15.3. The minimum absolute atomic E-state index is 0.152. The lowest BCUT2D eigenvalue weighted by atomic mass is 10.1. The number of benzene rings is 2. The average Bonchev–Trinajstić information content (AvgIpc) is 3.27. The molecule has 0 saturated heterocycles. The Balaban J connectivity index is 1.50. The van der Waals surface area contributed by atoms with Crippen LogP contribution in [0.2, 0.25) is 0 Å². The average molecular weight is 434 g/mol. The van der Waals surface area contributed by atoms with Crippen molar-refractivity contribution in [2.24, 2.45) is 0 Å². The highest BCUT2D eigenvalue weighted by atomic mass is 16.5. The molecule has 2 aromatic carbocycles. The molecule has 0 saturated carbocycles. The number of furan rings is 1. The Bertz CT molecular complexity index is 1380. The SMILES string of the molecule is COc1cc2c(cc1NC(=O)COC(=O)c1[nH]c(C)c(C(C)=O)c1C)oc1ccccc12. The van der Waals surface area contributed by atoms with Gasteiger partial charge in [0.05, 0.1) is 12.8 Å². The summed E-state index contributed by atoms with van der Waals surface area (Å²) in [6.07, 6.45) is 0. The number of aromatic amines is 1. The van der Waals surface area contributed by atoms with Crippen molar-refractivity contribution < 1.29 is 28.3 Å². The van der Waals surface area contributed by atoms with Gasteiger partial charge in [-0.2, -0.15) is 0 Å². The number of amides is 1. The number of ketones is 1. The fourth-order valence-corrected chi connectivity index (χ4v) is 3.89. The third-order valence-electron chi connectivity index (χ3n) is 5.30. The summed E-state index contributed by atoms with van der Waals surface area (Å²) >= 11 is 0. The molecule has 0 aliphatic heterocycles. The molecule has 0 atom stereocenters. The summed E-state index contributed by atoms with van der Waals surface area (Å²) in [7, 11) is 1.50. The fourth-order valence-electron chi connectivity index (χ4n) is 3.89. The van der Waals surface area contributed by atoms with Crippen LogP contribution in [0.4, 0.5) is 5.69 Å². The Morgan fingerprint density at radius 1 is 1.06 bits per heavy atom. The van der Waals surface area contributed by atoms with Gasteiger partial charge in [-0.1, -0.05) is 18.2 Å². The number of nitrogens with one attached hydrogen (secondary N) is 2. The molecule has 2 aromatic heterocycles. The summed E-state index contributed by atoms with van der Waals surface area (Å²) in [6.45, 7) is 4.28. The van der Waals surface area contributed by atoms with Gasteiger partial charge in [-0.25, -0.2) is 4.79 Å². The van der Waals surface area contributed by atoms with Crippen molar-refractivity contribution in [2.75, 3.05) is 19.0 Å². The molecule has 2 N–H and O–H groups in total. The summed E-state index contributed by atoms with van der Waals surface area (Å²) in [5.74, 6) is -0.959. The van der Waals surface area contributed by atoms with E-state index in [2.05, 4.69) is 10.3 Å². The van der Waals surface area contributed by atoms with Crippen LogP contribution in [-0.2, 0) is 9.53 Å². The molecule has 0 aliphatic rings. The highest BCUT2D eigenvalue weighted by Crippen LogP contribution is 2.36. The van der Waals surface area contributed by atoms with Crippen LogP contribution in [0, 0.1) is 13.8 Å². The van der Waals surface area contributed by atoms with E-state index in [1.807, 2.05) is 24.3 Å². The van der Waals surface area contributed by atoms with E-state index in [0.29, 0.717) is 33.8 Å². The number of fused-ring (bicyclic) bond motifs is 3. The Morgan fingerprint density at radius 2 is 1.81 bits per heavy atom. The largest absolute Gasteiger partial charge is 0.495 e. The molecule has 4 aromatic rings. The minimum atomic E-state index is -0.715. The number of hydrogen-bond acceptors (Lipinski definition) is 6. The van der Waals surface area contributed by atoms with Crippen LogP contribution in [-0.4, -0.2) is 36.4 Å². The van der Waals surface area contributed by atoms with Gasteiger partial charge >= 0.3 is 5.97 Å². The lowest BCUT2D eigenvalue weighted by Gasteiger charge is -2.10. The quantitative estimate of drug-likeness (QED) is 0.341. The van der Waals surface area contributed by atoms with E-state index in [1.165, 1.54) is 14.0 Å². The molecule has 4 rings (SSSR count). The summed E-state index contributed by atoms with van der Waals surface area (Å²) in [5.41, 5.74) is 3.39. The zero-order chi connectivity index (χ0) is 23.0. The molecule has 0 fully saturated rings. The summed E-state index contributed by atoms with van der Waals surface area (Å²) in [4.78, 5) is 39.5. The molecular weight excluding hydrogens is 412 g/mol. The first kappa shape index (κ1) is 21.2. The Morgan fingerprint density at radius 3 is 2.50 bits per heavy atom. The van der Waals surface area contributed by atoms with Crippen LogP contribution in [0.5, 0.6) is 5.75 Å². The van der Waals surface area contributed by atoms with Crippen LogP contribution in [0.3, 0.4) is 0 Å². The van der Waals surface area contributed by atoms with Crippen LogP contribution in [0.25, 0.3) is 21.9 Å². The number of esters is 1. The molecule has 164 valence electrons. The van der Waals surface area contributed by atoms with Crippen molar-refractivity contribution in [3.8, 4) is 5.75 Å². The molecule has 2 heterocycles. The molecule has 0 bridgehead atoms. The highest BCUT2D eigenvalue weighted by Gasteiger charge is 2.22. The van der Waals surface area contributed by atoms with Crippen molar-refractivity contribution in [2.45, 2.75) is 20.8 Å². The number of methoxy groups -OCH3 is 1. The molecule has 8 heteroatoms. The molecular formula is C24H22N2O6. The Kier molecular flexibility index (Phi) is 5.44. The van der Waals surface area contributed by atoms with Gasteiger partial charge in [0.1, 0.15) is 22.6 Å². The maximum absolute atomic E-state index is 12.5. The van der Waals surface area contributed by atoms with E-state index in [1.54, 1.807) is 26.0 Å². The third kappa shape index (κ3) is 3.71. The summed E-state index contributed by atoms with van der Waals surface area (Å²) in [5, 5.41) is 4.49. The highest BCUT2D eigenvalue weighted by molar-refractivity contribution is 6.08. The maximum atomic E-state index is 12.5. The predicted octanol–water partition coefficient (Wildman–Crippen LogP) is 4.54. The fraction of sp³-hybridized carbons (Fsp3) is 0.208. The van der Waals surface area contributed by atoms with E-state index >= 15 is 0 Å². The van der Waals surface area contributed by atoms with E-state index < -0.39 is 18.5 Å². The van der Waals surface area contributed by atoms with Gasteiger partial charge in [-0.05, 0) is 38.5 Å². The van der Waals surface area contributed by atoms with Crippen LogP contribution < -0.4 is 10.1 Å². The van der Waals surface area contributed by atoms with E-state index in [4.69, 9.17) is 13.9 Å². The smallest absolute Gasteiger partial charge is 0.355 e. The number of anilines is 1. The number of H-pyrrole nitrogens is 1. The van der Waals surface area contributed by atoms with Crippen molar-refractivity contribution >= 4 is 45.3 Å². The number of ether oxygens (including phenoxy) is 2. The zero-order valence-corrected chi connectivity index (χ0v) is 18.1. The van der Waals surface area contributed by atoms with E-state index in [-0.39, 0.29) is 11.5 Å². The van der Waals surface area contributed by atoms with Crippen LogP contribution >= 0.6 is 0 Å². The molecule has 0 aliphatic carbocycles. The normalized spacial score (nSPS) is 11.0.